The van der Waals surface area contributed by atoms with Crippen LogP contribution in [0.4, 0.5) is 0 Å². The Morgan fingerprint density at radius 3 is 2.64 bits per heavy atom. The summed E-state index contributed by atoms with van der Waals surface area (Å²) < 4.78 is 1.37. The van der Waals surface area contributed by atoms with Gasteiger partial charge in [0.05, 0.1) is 0 Å². The fourth-order valence-electron chi connectivity index (χ4n) is 3.80. The molecule has 2 aromatic rings. The molecular weight excluding hydrogens is 320 g/mol. The largest absolute Gasteiger partial charge is 0.336 e. The molecule has 0 spiro atoms. The van der Waals surface area contributed by atoms with E-state index in [1.807, 2.05) is 4.90 Å². The van der Waals surface area contributed by atoms with Crippen molar-refractivity contribution < 1.29 is 4.79 Å². The Labute approximate surface area is 145 Å². The van der Waals surface area contributed by atoms with Crippen LogP contribution >= 0.6 is 0 Å². The number of nitrogens with one attached hydrogen (secondary N) is 2. The van der Waals surface area contributed by atoms with Crippen molar-refractivity contribution in [3.8, 4) is 0 Å². The Hall–Kier alpha value is -2.38. The van der Waals surface area contributed by atoms with E-state index >= 15 is 0 Å². The molecule has 1 amide bonds. The molecule has 2 aliphatic rings. The van der Waals surface area contributed by atoms with Crippen molar-refractivity contribution in [3.05, 3.63) is 34.0 Å². The van der Waals surface area contributed by atoms with Gasteiger partial charge in [0, 0.05) is 38.2 Å². The maximum Gasteiger partial charge on any atom is 0.325 e. The number of H-pyrrole nitrogens is 2. The number of amides is 1. The Balaban J connectivity index is 1.59. The normalized spacial score (nSPS) is 23.6. The molecule has 1 saturated heterocycles. The Kier molecular flexibility index (Phi) is 3.77. The lowest BCUT2D eigenvalue weighted by atomic mass is 9.91. The van der Waals surface area contributed by atoms with Crippen LogP contribution in [0.5, 0.6) is 0 Å². The van der Waals surface area contributed by atoms with Crippen molar-refractivity contribution in [2.75, 3.05) is 13.1 Å². The van der Waals surface area contributed by atoms with Gasteiger partial charge in [0.1, 0.15) is 11.5 Å². The van der Waals surface area contributed by atoms with E-state index in [4.69, 9.17) is 0 Å². The number of carbonyl (C=O) groups excluding carboxylic acids is 1. The number of aromatic amines is 2. The molecule has 2 N–H and O–H groups in total. The fraction of sp³-hybridized carbons (Fsp3) is 0.647. The summed E-state index contributed by atoms with van der Waals surface area (Å²) in [5.74, 6) is 3.14. The molecule has 8 heteroatoms. The Morgan fingerprint density at radius 2 is 2.08 bits per heavy atom. The van der Waals surface area contributed by atoms with E-state index in [0.29, 0.717) is 30.6 Å². The molecule has 0 bridgehead atoms. The van der Waals surface area contributed by atoms with E-state index < -0.39 is 0 Å². The number of hydrogen-bond donors (Lipinski definition) is 2. The van der Waals surface area contributed by atoms with Crippen LogP contribution in [0.25, 0.3) is 0 Å². The smallest absolute Gasteiger partial charge is 0.325 e. The summed E-state index contributed by atoms with van der Waals surface area (Å²) in [6.07, 6.45) is 3.93. The monoisotopic (exact) mass is 344 g/mol. The second-order valence-electron chi connectivity index (χ2n) is 7.59. The van der Waals surface area contributed by atoms with E-state index in [0.717, 1.165) is 11.6 Å². The SMILES string of the molecule is CC(C)c1n[nH]c([C@H]2CN(C(=O)c3c[nH]c(=O)n3C)C[C@@H]2C2CC2)n1. The quantitative estimate of drug-likeness (QED) is 0.871. The third-order valence-electron chi connectivity index (χ3n) is 5.48. The summed E-state index contributed by atoms with van der Waals surface area (Å²) in [5.41, 5.74) is 0.135. The van der Waals surface area contributed by atoms with Crippen LogP contribution in [0.1, 0.15) is 60.7 Å². The van der Waals surface area contributed by atoms with Crippen LogP contribution in [-0.4, -0.2) is 48.6 Å². The van der Waals surface area contributed by atoms with E-state index in [9.17, 15) is 9.59 Å². The molecule has 1 aliphatic heterocycles. The maximum absolute atomic E-state index is 12.9. The van der Waals surface area contributed by atoms with Gasteiger partial charge in [0.15, 0.2) is 5.82 Å². The van der Waals surface area contributed by atoms with Gasteiger partial charge < -0.3 is 9.88 Å². The molecule has 1 aliphatic carbocycles. The highest BCUT2D eigenvalue weighted by Crippen LogP contribution is 2.47. The van der Waals surface area contributed by atoms with Crippen molar-refractivity contribution in [3.63, 3.8) is 0 Å². The third kappa shape index (κ3) is 2.79. The van der Waals surface area contributed by atoms with Crippen LogP contribution < -0.4 is 5.69 Å². The first-order valence-electron chi connectivity index (χ1n) is 8.91. The molecule has 8 nitrogen and oxygen atoms in total. The number of rotatable bonds is 4. The van der Waals surface area contributed by atoms with E-state index in [-0.39, 0.29) is 23.4 Å². The highest BCUT2D eigenvalue weighted by atomic mass is 16.2. The molecule has 0 radical (unpaired) electrons. The second kappa shape index (κ2) is 5.86. The van der Waals surface area contributed by atoms with Gasteiger partial charge in [-0.15, -0.1) is 0 Å². The van der Waals surface area contributed by atoms with E-state index in [1.165, 1.54) is 23.6 Å². The van der Waals surface area contributed by atoms with Gasteiger partial charge in [-0.05, 0) is 24.7 Å². The van der Waals surface area contributed by atoms with Crippen molar-refractivity contribution in [2.24, 2.45) is 18.9 Å². The molecule has 3 heterocycles. The maximum atomic E-state index is 12.9. The van der Waals surface area contributed by atoms with Crippen molar-refractivity contribution >= 4 is 5.91 Å². The third-order valence-corrected chi connectivity index (χ3v) is 5.48. The predicted molar refractivity (Wildman–Crippen MR) is 91.4 cm³/mol. The average Bonchev–Trinajstić information content (AvgIpc) is 3.01. The van der Waals surface area contributed by atoms with Gasteiger partial charge in [-0.25, -0.2) is 9.78 Å². The first-order chi connectivity index (χ1) is 12.0. The van der Waals surface area contributed by atoms with E-state index in [2.05, 4.69) is 34.0 Å². The number of nitrogens with zero attached hydrogens (tertiary/aromatic N) is 4. The van der Waals surface area contributed by atoms with Gasteiger partial charge in [-0.3, -0.25) is 14.5 Å². The van der Waals surface area contributed by atoms with Crippen LogP contribution in [0.15, 0.2) is 11.0 Å². The molecule has 1 saturated carbocycles. The molecule has 0 aromatic carbocycles. The number of aromatic nitrogens is 5. The molecule has 4 rings (SSSR count). The minimum Gasteiger partial charge on any atom is -0.336 e. The fourth-order valence-corrected chi connectivity index (χ4v) is 3.80. The molecule has 0 unspecified atom stereocenters. The zero-order chi connectivity index (χ0) is 17.7. The molecule has 25 heavy (non-hydrogen) atoms. The summed E-state index contributed by atoms with van der Waals surface area (Å²) in [6.45, 7) is 5.47. The van der Waals surface area contributed by atoms with Gasteiger partial charge >= 0.3 is 5.69 Å². The van der Waals surface area contributed by atoms with Crippen molar-refractivity contribution in [2.45, 2.75) is 38.5 Å². The summed E-state index contributed by atoms with van der Waals surface area (Å²) in [6, 6.07) is 0. The standard InChI is InChI=1S/C17H24N6O2/c1-9(2)14-19-15(21-20-14)12-8-23(7-11(12)10-4-5-10)16(24)13-6-18-17(25)22(13)3/h6,9-12H,4-5,7-8H2,1-3H3,(H,18,25)(H,19,20,21)/t11-,12+/m1/s1. The van der Waals surface area contributed by atoms with E-state index in [1.54, 1.807) is 7.05 Å². The zero-order valence-electron chi connectivity index (χ0n) is 14.8. The van der Waals surface area contributed by atoms with Crippen LogP contribution in [0.3, 0.4) is 0 Å². The highest BCUT2D eigenvalue weighted by Gasteiger charge is 2.46. The molecule has 2 aromatic heterocycles. The highest BCUT2D eigenvalue weighted by molar-refractivity contribution is 5.92. The van der Waals surface area contributed by atoms with Crippen LogP contribution in [0.2, 0.25) is 0 Å². The van der Waals surface area contributed by atoms with Crippen LogP contribution in [-0.2, 0) is 7.05 Å². The number of imidazole rings is 1. The summed E-state index contributed by atoms with van der Waals surface area (Å²) in [4.78, 5) is 33.6. The lowest BCUT2D eigenvalue weighted by molar-refractivity contribution is 0.0775. The topological polar surface area (TPSA) is 99.7 Å². The first-order valence-corrected chi connectivity index (χ1v) is 8.91. The number of hydrogen-bond acceptors (Lipinski definition) is 4. The summed E-state index contributed by atoms with van der Waals surface area (Å²) in [7, 11) is 1.61. The Morgan fingerprint density at radius 1 is 1.32 bits per heavy atom. The number of likely N-dealkylation sites (tertiary alicyclic amines) is 1. The zero-order valence-corrected chi connectivity index (χ0v) is 14.8. The second-order valence-corrected chi connectivity index (χ2v) is 7.59. The van der Waals surface area contributed by atoms with Gasteiger partial charge in [0.25, 0.3) is 5.91 Å². The predicted octanol–water partition coefficient (Wildman–Crippen LogP) is 1.22. The van der Waals surface area contributed by atoms with Gasteiger partial charge in [-0.2, -0.15) is 5.10 Å². The van der Waals surface area contributed by atoms with Crippen molar-refractivity contribution in [1.82, 2.24) is 29.6 Å². The summed E-state index contributed by atoms with van der Waals surface area (Å²) in [5, 5.41) is 7.43. The minimum absolute atomic E-state index is 0.0994. The number of carbonyl (C=O) groups is 1. The van der Waals surface area contributed by atoms with Gasteiger partial charge in [0.2, 0.25) is 0 Å². The average molecular weight is 344 g/mol. The molecule has 134 valence electrons. The molecule has 2 fully saturated rings. The van der Waals surface area contributed by atoms with Gasteiger partial charge in [-0.1, -0.05) is 13.8 Å². The minimum atomic E-state index is -0.269. The lowest BCUT2D eigenvalue weighted by Crippen LogP contribution is -2.31. The molecular formula is C17H24N6O2. The van der Waals surface area contributed by atoms with Crippen LogP contribution in [0, 0.1) is 11.8 Å². The Bertz CT molecular complexity index is 843. The summed E-state index contributed by atoms with van der Waals surface area (Å²) >= 11 is 0. The lowest BCUT2D eigenvalue weighted by Gasteiger charge is -2.16. The molecule has 2 atom stereocenters. The van der Waals surface area contributed by atoms with Crippen molar-refractivity contribution in [1.29, 1.82) is 0 Å². The first kappa shape index (κ1) is 16.1.